The molecule has 1 heterocycles. The number of fused-ring (bicyclic) bond motifs is 1. The number of hydrogen-bond donors (Lipinski definition) is 2. The topological polar surface area (TPSA) is 93.7 Å². The van der Waals surface area contributed by atoms with Gasteiger partial charge in [0.25, 0.3) is 10.0 Å². The molecule has 1 fully saturated rings. The molecule has 148 valence electrons. The molecule has 28 heavy (non-hydrogen) atoms. The molecule has 2 atom stereocenters. The number of anilines is 2. The van der Waals surface area contributed by atoms with Gasteiger partial charge in [0.15, 0.2) is 11.5 Å². The molecule has 1 aliphatic carbocycles. The number of ether oxygens (including phenoxy) is 2. The predicted octanol–water partition coefficient (Wildman–Crippen LogP) is 3.24. The van der Waals surface area contributed by atoms with Crippen molar-refractivity contribution in [1.82, 2.24) is 0 Å². The lowest BCUT2D eigenvalue weighted by atomic mass is 10.2. The molecular formula is C20H22N2O5S. The maximum Gasteiger partial charge on any atom is 0.262 e. The van der Waals surface area contributed by atoms with Gasteiger partial charge in [-0.2, -0.15) is 0 Å². The molecule has 0 spiro atoms. The third-order valence-electron chi connectivity index (χ3n) is 4.88. The lowest BCUT2D eigenvalue weighted by Crippen LogP contribution is -2.15. The Balaban J connectivity index is 1.45. The van der Waals surface area contributed by atoms with Gasteiger partial charge in [0, 0.05) is 29.8 Å². The number of hydrogen-bond acceptors (Lipinski definition) is 5. The lowest BCUT2D eigenvalue weighted by molar-refractivity contribution is -0.117. The van der Waals surface area contributed by atoms with E-state index in [1.54, 1.807) is 30.3 Å². The minimum atomic E-state index is -3.78. The van der Waals surface area contributed by atoms with Gasteiger partial charge in [0.1, 0.15) is 0 Å². The fourth-order valence-electron chi connectivity index (χ4n) is 3.07. The van der Waals surface area contributed by atoms with Crippen molar-refractivity contribution in [2.24, 2.45) is 11.8 Å². The van der Waals surface area contributed by atoms with Crippen molar-refractivity contribution in [2.45, 2.75) is 24.7 Å². The number of carbonyl (C=O) groups is 1. The Morgan fingerprint density at radius 2 is 1.64 bits per heavy atom. The molecule has 0 saturated heterocycles. The summed E-state index contributed by atoms with van der Waals surface area (Å²) in [6.07, 6.45) is 1.66. The highest BCUT2D eigenvalue weighted by Gasteiger charge is 2.39. The Kier molecular flexibility index (Phi) is 4.89. The van der Waals surface area contributed by atoms with Crippen LogP contribution in [0, 0.1) is 11.8 Å². The average Bonchev–Trinajstić information content (AvgIpc) is 3.44. The van der Waals surface area contributed by atoms with Gasteiger partial charge in [-0.15, -0.1) is 0 Å². The summed E-state index contributed by atoms with van der Waals surface area (Å²) >= 11 is 0. The second-order valence-corrected chi connectivity index (χ2v) is 8.83. The second-order valence-electron chi connectivity index (χ2n) is 7.15. The number of carbonyl (C=O) groups excluding carboxylic acids is 1. The Morgan fingerprint density at radius 1 is 1.00 bits per heavy atom. The van der Waals surface area contributed by atoms with Gasteiger partial charge in [-0.3, -0.25) is 9.52 Å². The number of amides is 1. The third kappa shape index (κ3) is 4.06. The van der Waals surface area contributed by atoms with Crippen LogP contribution in [0.3, 0.4) is 0 Å². The van der Waals surface area contributed by atoms with E-state index in [0.717, 1.165) is 12.8 Å². The molecule has 2 aliphatic rings. The van der Waals surface area contributed by atoms with E-state index in [2.05, 4.69) is 10.0 Å². The zero-order chi connectivity index (χ0) is 19.7. The second kappa shape index (κ2) is 7.35. The molecule has 4 rings (SSSR count). The summed E-state index contributed by atoms with van der Waals surface area (Å²) in [6, 6.07) is 11.1. The quantitative estimate of drug-likeness (QED) is 0.801. The Morgan fingerprint density at radius 3 is 2.32 bits per heavy atom. The van der Waals surface area contributed by atoms with Crippen molar-refractivity contribution in [3.63, 3.8) is 0 Å². The molecule has 2 aromatic rings. The minimum absolute atomic E-state index is 0.00743. The van der Waals surface area contributed by atoms with E-state index in [9.17, 15) is 13.2 Å². The molecule has 2 aromatic carbocycles. The summed E-state index contributed by atoms with van der Waals surface area (Å²) in [5.74, 6) is 1.49. The van der Waals surface area contributed by atoms with Crippen LogP contribution in [0.25, 0.3) is 0 Å². The summed E-state index contributed by atoms with van der Waals surface area (Å²) in [7, 11) is -3.78. The Labute approximate surface area is 164 Å². The van der Waals surface area contributed by atoms with Crippen molar-refractivity contribution in [3.05, 3.63) is 42.5 Å². The fourth-order valence-corrected chi connectivity index (χ4v) is 4.14. The molecule has 0 bridgehead atoms. The lowest BCUT2D eigenvalue weighted by Gasteiger charge is -2.12. The number of rotatable bonds is 5. The van der Waals surface area contributed by atoms with E-state index in [1.165, 1.54) is 12.1 Å². The maximum atomic E-state index is 12.7. The SMILES string of the molecule is CC1CC1C(=O)Nc1ccc(NS(=O)(=O)c2ccc3c(c2)OCCCO3)cc1. The molecule has 1 saturated carbocycles. The van der Waals surface area contributed by atoms with E-state index in [-0.39, 0.29) is 16.7 Å². The Hall–Kier alpha value is -2.74. The summed E-state index contributed by atoms with van der Waals surface area (Å²) < 4.78 is 39.0. The molecular weight excluding hydrogens is 380 g/mol. The summed E-state index contributed by atoms with van der Waals surface area (Å²) in [4.78, 5) is 12.1. The first-order valence-electron chi connectivity index (χ1n) is 9.26. The first-order valence-corrected chi connectivity index (χ1v) is 10.7. The number of sulfonamides is 1. The minimum Gasteiger partial charge on any atom is -0.490 e. The Bertz CT molecular complexity index is 988. The molecule has 0 radical (unpaired) electrons. The van der Waals surface area contributed by atoms with Gasteiger partial charge in [0.05, 0.1) is 18.1 Å². The smallest absolute Gasteiger partial charge is 0.262 e. The first-order chi connectivity index (χ1) is 13.4. The van der Waals surface area contributed by atoms with Crippen LogP contribution in [-0.2, 0) is 14.8 Å². The predicted molar refractivity (Wildman–Crippen MR) is 105 cm³/mol. The largest absolute Gasteiger partial charge is 0.490 e. The number of nitrogens with one attached hydrogen (secondary N) is 2. The van der Waals surface area contributed by atoms with Crippen LogP contribution in [0.2, 0.25) is 0 Å². The van der Waals surface area contributed by atoms with Crippen LogP contribution in [-0.4, -0.2) is 27.5 Å². The van der Waals surface area contributed by atoms with Crippen molar-refractivity contribution in [1.29, 1.82) is 0 Å². The zero-order valence-corrected chi connectivity index (χ0v) is 16.3. The standard InChI is InChI=1S/C20H22N2O5S/c1-13-11-17(13)20(23)21-14-3-5-15(6-4-14)22-28(24,25)16-7-8-18-19(12-16)27-10-2-9-26-18/h3-8,12-13,17,22H,2,9-11H2,1H3,(H,21,23). The highest BCUT2D eigenvalue weighted by molar-refractivity contribution is 7.92. The van der Waals surface area contributed by atoms with Gasteiger partial charge in [-0.1, -0.05) is 6.92 Å². The van der Waals surface area contributed by atoms with E-state index in [0.29, 0.717) is 42.0 Å². The van der Waals surface area contributed by atoms with Crippen molar-refractivity contribution in [3.8, 4) is 11.5 Å². The molecule has 1 amide bonds. The monoisotopic (exact) mass is 402 g/mol. The first kappa shape index (κ1) is 18.6. The molecule has 1 aliphatic heterocycles. The molecule has 2 N–H and O–H groups in total. The highest BCUT2D eigenvalue weighted by atomic mass is 32.2. The van der Waals surface area contributed by atoms with Gasteiger partial charge < -0.3 is 14.8 Å². The van der Waals surface area contributed by atoms with Crippen molar-refractivity contribution >= 4 is 27.3 Å². The van der Waals surface area contributed by atoms with Crippen LogP contribution in [0.5, 0.6) is 11.5 Å². The van der Waals surface area contributed by atoms with E-state index in [1.807, 2.05) is 6.92 Å². The zero-order valence-electron chi connectivity index (χ0n) is 15.5. The molecule has 8 heteroatoms. The third-order valence-corrected chi connectivity index (χ3v) is 6.26. The van der Waals surface area contributed by atoms with Gasteiger partial charge >= 0.3 is 0 Å². The molecule has 0 aromatic heterocycles. The van der Waals surface area contributed by atoms with Crippen LogP contribution < -0.4 is 19.5 Å². The van der Waals surface area contributed by atoms with Crippen molar-refractivity contribution in [2.75, 3.05) is 23.3 Å². The summed E-state index contributed by atoms with van der Waals surface area (Å²) in [6.45, 7) is 3.07. The van der Waals surface area contributed by atoms with Crippen LogP contribution in [0.1, 0.15) is 19.8 Å². The maximum absolute atomic E-state index is 12.7. The molecule has 7 nitrogen and oxygen atoms in total. The van der Waals surface area contributed by atoms with Gasteiger partial charge in [0.2, 0.25) is 5.91 Å². The van der Waals surface area contributed by atoms with E-state index in [4.69, 9.17) is 9.47 Å². The number of benzene rings is 2. The van der Waals surface area contributed by atoms with Crippen molar-refractivity contribution < 1.29 is 22.7 Å². The van der Waals surface area contributed by atoms with Crippen LogP contribution >= 0.6 is 0 Å². The summed E-state index contributed by atoms with van der Waals surface area (Å²) in [5, 5.41) is 2.85. The van der Waals surface area contributed by atoms with E-state index >= 15 is 0 Å². The highest BCUT2D eigenvalue weighted by Crippen LogP contribution is 2.38. The summed E-state index contributed by atoms with van der Waals surface area (Å²) in [5.41, 5.74) is 1.05. The van der Waals surface area contributed by atoms with Gasteiger partial charge in [-0.05, 0) is 48.7 Å². The van der Waals surface area contributed by atoms with Crippen LogP contribution in [0.15, 0.2) is 47.4 Å². The van der Waals surface area contributed by atoms with Crippen LogP contribution in [0.4, 0.5) is 11.4 Å². The van der Waals surface area contributed by atoms with E-state index < -0.39 is 10.0 Å². The fraction of sp³-hybridized carbons (Fsp3) is 0.350. The molecule has 2 unspecified atom stereocenters. The van der Waals surface area contributed by atoms with Gasteiger partial charge in [-0.25, -0.2) is 8.42 Å². The normalized spacial score (nSPS) is 20.8. The average molecular weight is 402 g/mol.